The zero-order valence-corrected chi connectivity index (χ0v) is 23.6. The SMILES string of the molecule is CCCNC(=O)C1CCC(CN2C(=O)C3SC=CC3=[N+](CC(=O)NCc3cccc(OC)c3OC)C2=O)CC1. The van der Waals surface area contributed by atoms with E-state index in [-0.39, 0.29) is 42.6 Å². The molecule has 0 aromatic heterocycles. The lowest BCUT2D eigenvalue weighted by Crippen LogP contribution is -2.57. The van der Waals surface area contributed by atoms with Crippen LogP contribution in [-0.2, 0) is 20.9 Å². The van der Waals surface area contributed by atoms with Crippen molar-refractivity contribution < 1.29 is 33.2 Å². The van der Waals surface area contributed by atoms with Gasteiger partial charge in [0.2, 0.25) is 5.91 Å². The molecule has 0 radical (unpaired) electrons. The zero-order valence-electron chi connectivity index (χ0n) is 22.7. The lowest BCUT2D eigenvalue weighted by molar-refractivity contribution is -0.427. The first-order valence-corrected chi connectivity index (χ1v) is 14.4. The summed E-state index contributed by atoms with van der Waals surface area (Å²) in [5.74, 6) is 0.712. The molecule has 4 rings (SSSR count). The monoisotopic (exact) mass is 557 g/mol. The Hall–Kier alpha value is -3.34. The molecule has 11 heteroatoms. The van der Waals surface area contributed by atoms with Gasteiger partial charge in [-0.3, -0.25) is 9.59 Å². The predicted octanol–water partition coefficient (Wildman–Crippen LogP) is 2.70. The Kier molecular flexibility index (Phi) is 9.66. The van der Waals surface area contributed by atoms with Crippen molar-refractivity contribution in [2.75, 3.05) is 33.9 Å². The van der Waals surface area contributed by atoms with E-state index in [1.54, 1.807) is 24.7 Å². The number of benzene rings is 1. The molecule has 0 spiro atoms. The molecule has 5 amide bonds. The second-order valence-electron chi connectivity index (χ2n) is 10.00. The fourth-order valence-electron chi connectivity index (χ4n) is 5.32. The van der Waals surface area contributed by atoms with Gasteiger partial charge in [-0.2, -0.15) is 14.3 Å². The maximum absolute atomic E-state index is 13.5. The Morgan fingerprint density at radius 2 is 1.87 bits per heavy atom. The van der Waals surface area contributed by atoms with E-state index in [0.717, 1.165) is 37.7 Å². The van der Waals surface area contributed by atoms with Crippen molar-refractivity contribution in [3.8, 4) is 11.5 Å². The van der Waals surface area contributed by atoms with Gasteiger partial charge in [-0.15, -0.1) is 11.8 Å². The topological polar surface area (TPSA) is 117 Å². The molecule has 1 atom stereocenters. The summed E-state index contributed by atoms with van der Waals surface area (Å²) in [7, 11) is 3.09. The summed E-state index contributed by atoms with van der Waals surface area (Å²) in [5, 5.41) is 7.08. The van der Waals surface area contributed by atoms with E-state index in [0.29, 0.717) is 30.3 Å². The predicted molar refractivity (Wildman–Crippen MR) is 148 cm³/mol. The van der Waals surface area contributed by atoms with Crippen molar-refractivity contribution in [2.45, 2.75) is 50.8 Å². The van der Waals surface area contributed by atoms with Crippen molar-refractivity contribution >= 4 is 41.2 Å². The fraction of sp³-hybridized carbons (Fsp3) is 0.536. The Labute approximate surface area is 233 Å². The van der Waals surface area contributed by atoms with Crippen LogP contribution in [0.15, 0.2) is 29.7 Å². The van der Waals surface area contributed by atoms with Crippen molar-refractivity contribution in [1.29, 1.82) is 0 Å². The minimum Gasteiger partial charge on any atom is -0.493 e. The highest BCUT2D eigenvalue weighted by atomic mass is 32.2. The molecule has 1 aliphatic carbocycles. The molecule has 3 aliphatic rings. The Balaban J connectivity index is 1.40. The van der Waals surface area contributed by atoms with Gasteiger partial charge in [0.1, 0.15) is 12.3 Å². The molecule has 2 N–H and O–H groups in total. The normalized spacial score (nSPS) is 22.5. The number of amides is 5. The third-order valence-corrected chi connectivity index (χ3v) is 8.46. The summed E-state index contributed by atoms with van der Waals surface area (Å²) in [5.41, 5.74) is 1.28. The van der Waals surface area contributed by atoms with Gasteiger partial charge in [0.05, 0.1) is 14.2 Å². The van der Waals surface area contributed by atoms with Crippen molar-refractivity contribution in [3.05, 3.63) is 35.2 Å². The highest BCUT2D eigenvalue weighted by Crippen LogP contribution is 2.33. The number of methoxy groups -OCH3 is 2. The number of allylic oxidation sites excluding steroid dienone is 1. The summed E-state index contributed by atoms with van der Waals surface area (Å²) in [6, 6.07) is 4.94. The van der Waals surface area contributed by atoms with Gasteiger partial charge in [0.25, 0.3) is 5.91 Å². The molecule has 1 unspecified atom stereocenters. The average Bonchev–Trinajstić information content (AvgIpc) is 3.45. The number of nitrogens with zero attached hydrogens (tertiary/aromatic N) is 2. The van der Waals surface area contributed by atoms with Crippen molar-refractivity contribution in [2.24, 2.45) is 11.8 Å². The smallest absolute Gasteiger partial charge is 0.493 e. The minimum atomic E-state index is -0.537. The number of carbonyl (C=O) groups excluding carboxylic acids is 4. The number of ether oxygens (including phenoxy) is 2. The number of rotatable bonds is 11. The molecule has 39 heavy (non-hydrogen) atoms. The fourth-order valence-corrected chi connectivity index (χ4v) is 6.29. The van der Waals surface area contributed by atoms with E-state index >= 15 is 0 Å². The van der Waals surface area contributed by atoms with E-state index in [4.69, 9.17) is 9.47 Å². The van der Waals surface area contributed by atoms with Gasteiger partial charge in [-0.1, -0.05) is 19.1 Å². The Morgan fingerprint density at radius 1 is 1.10 bits per heavy atom. The minimum absolute atomic E-state index is 0.0153. The summed E-state index contributed by atoms with van der Waals surface area (Å²) in [6.07, 6.45) is 5.67. The number of thioether (sulfide) groups is 1. The van der Waals surface area contributed by atoms with Crippen LogP contribution in [0.5, 0.6) is 11.5 Å². The number of hydrogen-bond acceptors (Lipinski definition) is 7. The first-order valence-electron chi connectivity index (χ1n) is 13.4. The molecular weight excluding hydrogens is 520 g/mol. The molecule has 1 saturated carbocycles. The van der Waals surface area contributed by atoms with E-state index in [2.05, 4.69) is 10.6 Å². The lowest BCUT2D eigenvalue weighted by atomic mass is 9.81. The van der Waals surface area contributed by atoms with Crippen LogP contribution in [0.1, 0.15) is 44.6 Å². The van der Waals surface area contributed by atoms with Crippen LogP contribution in [0.25, 0.3) is 0 Å². The molecule has 2 heterocycles. The summed E-state index contributed by atoms with van der Waals surface area (Å²) in [4.78, 5) is 53.4. The Morgan fingerprint density at radius 3 is 2.56 bits per heavy atom. The molecular formula is C28H37N4O6S+. The first kappa shape index (κ1) is 28.7. The first-order chi connectivity index (χ1) is 18.9. The summed E-state index contributed by atoms with van der Waals surface area (Å²) in [6.45, 7) is 3.00. The summed E-state index contributed by atoms with van der Waals surface area (Å²) >= 11 is 1.35. The van der Waals surface area contributed by atoms with Gasteiger partial charge in [-0.05, 0) is 55.6 Å². The van der Waals surface area contributed by atoms with Crippen LogP contribution in [-0.4, -0.2) is 78.0 Å². The number of para-hydroxylation sites is 1. The van der Waals surface area contributed by atoms with Crippen LogP contribution < -0.4 is 20.1 Å². The molecule has 0 bridgehead atoms. The molecule has 10 nitrogen and oxygen atoms in total. The highest BCUT2D eigenvalue weighted by Gasteiger charge is 2.50. The van der Waals surface area contributed by atoms with Crippen molar-refractivity contribution in [3.63, 3.8) is 0 Å². The van der Waals surface area contributed by atoms with Gasteiger partial charge in [-0.25, -0.2) is 4.79 Å². The number of carbonyl (C=O) groups is 4. The zero-order chi connectivity index (χ0) is 27.9. The van der Waals surface area contributed by atoms with Crippen LogP contribution in [0.3, 0.4) is 0 Å². The lowest BCUT2D eigenvalue weighted by Gasteiger charge is -2.30. The van der Waals surface area contributed by atoms with E-state index < -0.39 is 11.3 Å². The van der Waals surface area contributed by atoms with Crippen LogP contribution in [0.4, 0.5) is 4.79 Å². The second-order valence-corrected chi connectivity index (χ2v) is 11.0. The van der Waals surface area contributed by atoms with Crippen LogP contribution >= 0.6 is 11.8 Å². The van der Waals surface area contributed by atoms with Gasteiger partial charge >= 0.3 is 11.9 Å². The largest absolute Gasteiger partial charge is 0.501 e. The maximum atomic E-state index is 13.5. The van der Waals surface area contributed by atoms with E-state index in [9.17, 15) is 19.2 Å². The molecule has 1 aromatic rings. The average molecular weight is 558 g/mol. The molecule has 0 saturated heterocycles. The molecule has 2 aliphatic heterocycles. The van der Waals surface area contributed by atoms with Gasteiger partial charge < -0.3 is 20.1 Å². The van der Waals surface area contributed by atoms with Crippen LogP contribution in [0.2, 0.25) is 0 Å². The highest BCUT2D eigenvalue weighted by molar-refractivity contribution is 8.04. The summed E-state index contributed by atoms with van der Waals surface area (Å²) < 4.78 is 12.2. The molecule has 1 aromatic carbocycles. The Bertz CT molecular complexity index is 1170. The molecule has 1 fully saturated rings. The second kappa shape index (κ2) is 13.1. The third-order valence-electron chi connectivity index (χ3n) is 7.46. The van der Waals surface area contributed by atoms with E-state index in [1.165, 1.54) is 28.3 Å². The molecule has 210 valence electrons. The van der Waals surface area contributed by atoms with Crippen molar-refractivity contribution in [1.82, 2.24) is 15.5 Å². The number of urea groups is 1. The maximum Gasteiger partial charge on any atom is 0.501 e. The standard InChI is InChI=1S/C28H36N4O6S/c1-4-13-29-26(34)19-10-8-18(9-11-19)16-32-27(35)25-21(12-14-39-25)31(28(32)36)17-23(33)30-15-20-6-5-7-22(37-2)24(20)38-3/h5-7,12,14,18-19,25H,4,8-11,13,15-17H2,1-3H3,(H-,29,30,33,34)/p+1. The third kappa shape index (κ3) is 6.46. The van der Waals surface area contributed by atoms with E-state index in [1.807, 2.05) is 19.1 Å². The van der Waals surface area contributed by atoms with Crippen LogP contribution in [0, 0.1) is 11.8 Å². The number of hydrogen-bond donors (Lipinski definition) is 2. The quantitative estimate of drug-likeness (QED) is 0.402. The van der Waals surface area contributed by atoms with Gasteiger partial charge in [0, 0.05) is 24.6 Å². The van der Waals surface area contributed by atoms with Gasteiger partial charge in [0.15, 0.2) is 23.3 Å². The number of fused-ring (bicyclic) bond motifs is 1. The number of nitrogens with one attached hydrogen (secondary N) is 2. The number of imide groups is 1.